The van der Waals surface area contributed by atoms with Gasteiger partial charge in [-0.25, -0.2) is 4.68 Å². The molecule has 3 N–H and O–H groups in total. The van der Waals surface area contributed by atoms with Crippen LogP contribution in [0.4, 0.5) is 5.69 Å². The molecule has 0 unspecified atom stereocenters. The summed E-state index contributed by atoms with van der Waals surface area (Å²) in [6, 6.07) is 14.7. The molecule has 3 aromatic rings. The number of thioether (sulfide) groups is 1. The lowest BCUT2D eigenvalue weighted by molar-refractivity contribution is -0.113. The number of hydrogen-bond donors (Lipinski definition) is 2. The highest BCUT2D eigenvalue weighted by atomic mass is 79.9. The van der Waals surface area contributed by atoms with Crippen LogP contribution in [0.25, 0.3) is 11.4 Å². The van der Waals surface area contributed by atoms with Gasteiger partial charge in [0.15, 0.2) is 5.82 Å². The topological polar surface area (TPSA) is 95.1 Å². The number of carbonyl (C=O) groups is 1. The zero-order chi connectivity index (χ0) is 18.5. The molecule has 1 aromatic heterocycles. The third kappa shape index (κ3) is 4.36. The monoisotopic (exact) mass is 433 g/mol. The summed E-state index contributed by atoms with van der Waals surface area (Å²) < 4.78 is 7.41. The van der Waals surface area contributed by atoms with Gasteiger partial charge in [-0.05, 0) is 42.5 Å². The molecule has 0 radical (unpaired) electrons. The average Bonchev–Trinajstić information content (AvgIpc) is 3.01. The maximum Gasteiger partial charge on any atom is 0.234 e. The Bertz CT molecular complexity index is 914. The molecule has 134 valence electrons. The lowest BCUT2D eigenvalue weighted by Crippen LogP contribution is -2.16. The highest BCUT2D eigenvalue weighted by Gasteiger charge is 2.14. The number of rotatable bonds is 6. The SMILES string of the molecule is COc1ccc(-c2nnc(SCC(=O)Nc3cccc(Br)c3)n2N)cc1. The number of benzene rings is 2. The number of anilines is 1. The number of carbonyl (C=O) groups excluding carboxylic acids is 1. The number of aromatic nitrogens is 3. The first kappa shape index (κ1) is 18.3. The molecule has 26 heavy (non-hydrogen) atoms. The summed E-state index contributed by atoms with van der Waals surface area (Å²) >= 11 is 4.59. The van der Waals surface area contributed by atoms with E-state index in [1.165, 1.54) is 16.4 Å². The molecule has 0 aliphatic carbocycles. The highest BCUT2D eigenvalue weighted by molar-refractivity contribution is 9.10. The summed E-state index contributed by atoms with van der Waals surface area (Å²) in [6.07, 6.45) is 0. The van der Waals surface area contributed by atoms with Crippen LogP contribution in [-0.2, 0) is 4.79 Å². The van der Waals surface area contributed by atoms with Crippen molar-refractivity contribution in [1.82, 2.24) is 14.9 Å². The first-order valence-electron chi connectivity index (χ1n) is 7.60. The Morgan fingerprint density at radius 3 is 2.73 bits per heavy atom. The molecule has 0 saturated carbocycles. The van der Waals surface area contributed by atoms with Crippen LogP contribution in [-0.4, -0.2) is 33.6 Å². The predicted molar refractivity (Wildman–Crippen MR) is 106 cm³/mol. The van der Waals surface area contributed by atoms with Crippen molar-refractivity contribution in [3.63, 3.8) is 0 Å². The molecule has 2 aromatic carbocycles. The van der Waals surface area contributed by atoms with Crippen molar-refractivity contribution in [3.05, 3.63) is 53.0 Å². The van der Waals surface area contributed by atoms with Gasteiger partial charge < -0.3 is 15.9 Å². The van der Waals surface area contributed by atoms with E-state index >= 15 is 0 Å². The number of nitrogens with zero attached hydrogens (tertiary/aromatic N) is 3. The maximum absolute atomic E-state index is 12.1. The number of ether oxygens (including phenoxy) is 1. The number of methoxy groups -OCH3 is 1. The fourth-order valence-corrected chi connectivity index (χ4v) is 3.26. The van der Waals surface area contributed by atoms with Crippen molar-refractivity contribution >= 4 is 39.3 Å². The summed E-state index contributed by atoms with van der Waals surface area (Å²) in [5, 5.41) is 11.4. The van der Waals surface area contributed by atoms with E-state index in [1.54, 1.807) is 7.11 Å². The second kappa shape index (κ2) is 8.24. The standard InChI is InChI=1S/C17H16BrN5O2S/c1-25-14-7-5-11(6-8-14)16-21-22-17(23(16)19)26-10-15(24)20-13-4-2-3-12(18)9-13/h2-9H,10,19H2,1H3,(H,20,24). The van der Waals surface area contributed by atoms with Gasteiger partial charge in [0.25, 0.3) is 0 Å². The molecule has 0 saturated heterocycles. The van der Waals surface area contributed by atoms with E-state index in [9.17, 15) is 4.79 Å². The van der Waals surface area contributed by atoms with E-state index in [4.69, 9.17) is 10.6 Å². The van der Waals surface area contributed by atoms with Crippen molar-refractivity contribution < 1.29 is 9.53 Å². The summed E-state index contributed by atoms with van der Waals surface area (Å²) in [7, 11) is 1.61. The Labute approximate surface area is 163 Å². The Morgan fingerprint density at radius 1 is 1.27 bits per heavy atom. The fourth-order valence-electron chi connectivity index (χ4n) is 2.21. The number of nitrogens with one attached hydrogen (secondary N) is 1. The lowest BCUT2D eigenvalue weighted by Gasteiger charge is -2.06. The van der Waals surface area contributed by atoms with Gasteiger partial charge in [-0.15, -0.1) is 10.2 Å². The van der Waals surface area contributed by atoms with E-state index in [0.717, 1.165) is 21.5 Å². The van der Waals surface area contributed by atoms with Gasteiger partial charge in [-0.3, -0.25) is 4.79 Å². The van der Waals surface area contributed by atoms with Crippen LogP contribution in [0.5, 0.6) is 5.75 Å². The normalized spacial score (nSPS) is 10.5. The summed E-state index contributed by atoms with van der Waals surface area (Å²) in [6.45, 7) is 0. The smallest absolute Gasteiger partial charge is 0.234 e. The van der Waals surface area contributed by atoms with Gasteiger partial charge in [0, 0.05) is 15.7 Å². The van der Waals surface area contributed by atoms with Crippen molar-refractivity contribution in [1.29, 1.82) is 0 Å². The van der Waals surface area contributed by atoms with Crippen LogP contribution in [0.15, 0.2) is 58.2 Å². The lowest BCUT2D eigenvalue weighted by atomic mass is 10.2. The first-order valence-corrected chi connectivity index (χ1v) is 9.38. The van der Waals surface area contributed by atoms with Crippen LogP contribution in [0.3, 0.4) is 0 Å². The van der Waals surface area contributed by atoms with E-state index in [-0.39, 0.29) is 11.7 Å². The second-order valence-corrected chi connectivity index (χ2v) is 7.11. The van der Waals surface area contributed by atoms with Crippen molar-refractivity contribution in [2.45, 2.75) is 5.16 Å². The Balaban J connectivity index is 1.63. The quantitative estimate of drug-likeness (QED) is 0.457. The average molecular weight is 434 g/mol. The van der Waals surface area contributed by atoms with E-state index < -0.39 is 0 Å². The molecule has 0 fully saturated rings. The van der Waals surface area contributed by atoms with Gasteiger partial charge in [-0.1, -0.05) is 33.8 Å². The Morgan fingerprint density at radius 2 is 2.04 bits per heavy atom. The van der Waals surface area contributed by atoms with Crippen LogP contribution >= 0.6 is 27.7 Å². The molecule has 0 aliphatic rings. The van der Waals surface area contributed by atoms with Crippen LogP contribution in [0.2, 0.25) is 0 Å². The zero-order valence-corrected chi connectivity index (χ0v) is 16.3. The van der Waals surface area contributed by atoms with E-state index in [1.807, 2.05) is 48.5 Å². The fraction of sp³-hybridized carbons (Fsp3) is 0.118. The third-order valence-electron chi connectivity index (χ3n) is 3.45. The molecule has 1 amide bonds. The molecule has 0 atom stereocenters. The Kier molecular flexibility index (Phi) is 5.79. The largest absolute Gasteiger partial charge is 0.497 e. The number of nitrogens with two attached hydrogens (primary N) is 1. The Hall–Kier alpha value is -2.52. The number of amides is 1. The first-order chi connectivity index (χ1) is 12.6. The zero-order valence-electron chi connectivity index (χ0n) is 13.8. The molecule has 7 nitrogen and oxygen atoms in total. The number of nitrogen functional groups attached to an aromatic ring is 1. The van der Waals surface area contributed by atoms with Crippen molar-refractivity contribution in [2.75, 3.05) is 24.0 Å². The predicted octanol–water partition coefficient (Wildman–Crippen LogP) is 3.16. The highest BCUT2D eigenvalue weighted by Crippen LogP contribution is 2.24. The van der Waals surface area contributed by atoms with E-state index in [2.05, 4.69) is 31.4 Å². The van der Waals surface area contributed by atoms with Gasteiger partial charge in [-0.2, -0.15) is 0 Å². The van der Waals surface area contributed by atoms with Crippen molar-refractivity contribution in [2.24, 2.45) is 0 Å². The van der Waals surface area contributed by atoms with E-state index in [0.29, 0.717) is 11.0 Å². The molecular weight excluding hydrogens is 418 g/mol. The molecule has 1 heterocycles. The number of hydrogen-bond acceptors (Lipinski definition) is 6. The summed E-state index contributed by atoms with van der Waals surface area (Å²) in [5.41, 5.74) is 1.53. The summed E-state index contributed by atoms with van der Waals surface area (Å²) in [5.74, 6) is 7.35. The molecule has 9 heteroatoms. The van der Waals surface area contributed by atoms with Crippen LogP contribution in [0.1, 0.15) is 0 Å². The van der Waals surface area contributed by atoms with Gasteiger partial charge in [0.1, 0.15) is 5.75 Å². The second-order valence-electron chi connectivity index (χ2n) is 5.25. The summed E-state index contributed by atoms with van der Waals surface area (Å²) in [4.78, 5) is 12.1. The minimum Gasteiger partial charge on any atom is -0.497 e. The minimum absolute atomic E-state index is 0.151. The molecule has 3 rings (SSSR count). The molecule has 0 aliphatic heterocycles. The number of halogens is 1. The van der Waals surface area contributed by atoms with Gasteiger partial charge >= 0.3 is 0 Å². The van der Waals surface area contributed by atoms with Gasteiger partial charge in [0.05, 0.1) is 12.9 Å². The van der Waals surface area contributed by atoms with Gasteiger partial charge in [0.2, 0.25) is 11.1 Å². The molecule has 0 spiro atoms. The van der Waals surface area contributed by atoms with Crippen molar-refractivity contribution in [3.8, 4) is 17.1 Å². The maximum atomic E-state index is 12.1. The third-order valence-corrected chi connectivity index (χ3v) is 4.89. The molecular formula is C17H16BrN5O2S. The van der Waals surface area contributed by atoms with Crippen LogP contribution < -0.4 is 15.9 Å². The molecule has 0 bridgehead atoms. The van der Waals surface area contributed by atoms with Crippen LogP contribution in [0, 0.1) is 0 Å². The minimum atomic E-state index is -0.151.